The lowest BCUT2D eigenvalue weighted by Crippen LogP contribution is -2.43. The zero-order chi connectivity index (χ0) is 11.8. The molecule has 1 unspecified atom stereocenters. The minimum atomic E-state index is -0.349. The molecule has 1 N–H and O–H groups in total. The lowest BCUT2D eigenvalue weighted by Gasteiger charge is -2.30. The van der Waals surface area contributed by atoms with E-state index >= 15 is 0 Å². The van der Waals surface area contributed by atoms with Crippen LogP contribution in [0.4, 0.5) is 0 Å². The highest BCUT2D eigenvalue weighted by atomic mass is 16.5. The van der Waals surface area contributed by atoms with Crippen LogP contribution < -0.4 is 0 Å². The number of likely N-dealkylation sites (tertiary alicyclic amines) is 1. The Kier molecular flexibility index (Phi) is 6.42. The van der Waals surface area contributed by atoms with Crippen LogP contribution in [0.2, 0.25) is 0 Å². The number of rotatable bonds is 6. The molecule has 0 radical (unpaired) electrons. The van der Waals surface area contributed by atoms with E-state index in [1.807, 2.05) is 0 Å². The molecule has 1 atom stereocenters. The van der Waals surface area contributed by atoms with Gasteiger partial charge < -0.3 is 14.7 Å². The molecule has 0 aromatic heterocycles. The molecule has 4 heteroatoms. The van der Waals surface area contributed by atoms with Crippen LogP contribution >= 0.6 is 0 Å². The number of carbonyl (C=O) groups is 1. The number of hydrogen-bond acceptors (Lipinski definition) is 3. The van der Waals surface area contributed by atoms with Gasteiger partial charge in [-0.3, -0.25) is 4.79 Å². The van der Waals surface area contributed by atoms with E-state index in [0.29, 0.717) is 13.2 Å². The van der Waals surface area contributed by atoms with Crippen LogP contribution in [0.25, 0.3) is 0 Å². The highest BCUT2D eigenvalue weighted by Crippen LogP contribution is 2.09. The summed E-state index contributed by atoms with van der Waals surface area (Å²) in [6, 6.07) is 0. The fourth-order valence-electron chi connectivity index (χ4n) is 1.89. The predicted octanol–water partition coefficient (Wildman–Crippen LogP) is 1.18. The number of carbonyl (C=O) groups excluding carboxylic acids is 1. The fourth-order valence-corrected chi connectivity index (χ4v) is 1.89. The largest absolute Gasteiger partial charge is 0.391 e. The summed E-state index contributed by atoms with van der Waals surface area (Å²) in [4.78, 5) is 13.4. The highest BCUT2D eigenvalue weighted by molar-refractivity contribution is 5.77. The van der Waals surface area contributed by atoms with Gasteiger partial charge in [-0.15, -0.1) is 0 Å². The van der Waals surface area contributed by atoms with Gasteiger partial charge in [0.1, 0.15) is 6.61 Å². The molecule has 94 valence electrons. The van der Waals surface area contributed by atoms with Crippen molar-refractivity contribution in [1.29, 1.82) is 0 Å². The van der Waals surface area contributed by atoms with Gasteiger partial charge >= 0.3 is 0 Å². The van der Waals surface area contributed by atoms with Gasteiger partial charge in [-0.2, -0.15) is 0 Å². The van der Waals surface area contributed by atoms with Gasteiger partial charge in [0.25, 0.3) is 0 Å². The van der Waals surface area contributed by atoms with Crippen molar-refractivity contribution in [2.45, 2.75) is 45.1 Å². The van der Waals surface area contributed by atoms with E-state index in [0.717, 1.165) is 38.6 Å². The number of aliphatic hydroxyl groups excluding tert-OH is 1. The maximum Gasteiger partial charge on any atom is 0.248 e. The summed E-state index contributed by atoms with van der Waals surface area (Å²) in [5.74, 6) is 0.00949. The molecule has 1 heterocycles. The van der Waals surface area contributed by atoms with Gasteiger partial charge in [-0.1, -0.05) is 19.8 Å². The van der Waals surface area contributed by atoms with Gasteiger partial charge in [0.15, 0.2) is 0 Å². The van der Waals surface area contributed by atoms with Crippen LogP contribution in [0.1, 0.15) is 39.0 Å². The molecule has 4 nitrogen and oxygen atoms in total. The van der Waals surface area contributed by atoms with Crippen molar-refractivity contribution in [2.75, 3.05) is 26.3 Å². The van der Waals surface area contributed by atoms with E-state index in [-0.39, 0.29) is 18.6 Å². The van der Waals surface area contributed by atoms with Crippen LogP contribution in [-0.2, 0) is 9.53 Å². The number of ether oxygens (including phenoxy) is 1. The molecule has 0 saturated carbocycles. The van der Waals surface area contributed by atoms with Crippen molar-refractivity contribution in [3.05, 3.63) is 0 Å². The van der Waals surface area contributed by atoms with Crippen molar-refractivity contribution in [3.63, 3.8) is 0 Å². The lowest BCUT2D eigenvalue weighted by molar-refractivity contribution is -0.139. The average Bonchev–Trinajstić information content (AvgIpc) is 2.28. The third-order valence-corrected chi connectivity index (χ3v) is 2.87. The standard InChI is InChI=1S/C12H23NO3/c1-2-3-4-8-16-10-12(15)13-7-5-6-11(14)9-13/h11,14H,2-10H2,1H3. The number of nitrogens with zero attached hydrogens (tertiary/aromatic N) is 1. The van der Waals surface area contributed by atoms with E-state index < -0.39 is 0 Å². The average molecular weight is 229 g/mol. The molecule has 1 aliphatic rings. The lowest BCUT2D eigenvalue weighted by atomic mass is 10.1. The van der Waals surface area contributed by atoms with Crippen LogP contribution in [0, 0.1) is 0 Å². The van der Waals surface area contributed by atoms with Crippen molar-refractivity contribution in [1.82, 2.24) is 4.90 Å². The topological polar surface area (TPSA) is 49.8 Å². The van der Waals surface area contributed by atoms with Gasteiger partial charge in [-0.25, -0.2) is 0 Å². The number of β-amino-alcohol motifs (C(OH)–C–C–N with tert-alkyl or cyclic N) is 1. The summed E-state index contributed by atoms with van der Waals surface area (Å²) < 4.78 is 5.31. The first-order valence-corrected chi connectivity index (χ1v) is 6.27. The maximum atomic E-state index is 11.7. The van der Waals surface area contributed by atoms with E-state index in [2.05, 4.69) is 6.92 Å². The Morgan fingerprint density at radius 3 is 3.00 bits per heavy atom. The van der Waals surface area contributed by atoms with E-state index in [1.54, 1.807) is 4.90 Å². The van der Waals surface area contributed by atoms with Crippen LogP contribution in [0.3, 0.4) is 0 Å². The van der Waals surface area contributed by atoms with E-state index in [9.17, 15) is 9.90 Å². The smallest absolute Gasteiger partial charge is 0.248 e. The molecule has 1 aliphatic heterocycles. The Bertz CT molecular complexity index is 208. The molecule has 1 rings (SSSR count). The summed E-state index contributed by atoms with van der Waals surface area (Å²) >= 11 is 0. The molecule has 0 aromatic carbocycles. The Labute approximate surface area is 97.6 Å². The Hall–Kier alpha value is -0.610. The quantitative estimate of drug-likeness (QED) is 0.696. The summed E-state index contributed by atoms with van der Waals surface area (Å²) in [6.07, 6.45) is 4.68. The molecule has 0 aliphatic carbocycles. The molecular weight excluding hydrogens is 206 g/mol. The van der Waals surface area contributed by atoms with Gasteiger partial charge in [0.05, 0.1) is 6.10 Å². The van der Waals surface area contributed by atoms with Gasteiger partial charge in [0.2, 0.25) is 5.91 Å². The Morgan fingerprint density at radius 2 is 2.31 bits per heavy atom. The monoisotopic (exact) mass is 229 g/mol. The second kappa shape index (κ2) is 7.63. The number of piperidine rings is 1. The fraction of sp³-hybridized carbons (Fsp3) is 0.917. The molecule has 1 fully saturated rings. The predicted molar refractivity (Wildman–Crippen MR) is 62.2 cm³/mol. The Morgan fingerprint density at radius 1 is 1.50 bits per heavy atom. The Balaban J connectivity index is 2.09. The number of aliphatic hydroxyl groups is 1. The number of hydrogen-bond donors (Lipinski definition) is 1. The molecule has 0 aromatic rings. The second-order valence-corrected chi connectivity index (χ2v) is 4.40. The molecule has 0 bridgehead atoms. The maximum absolute atomic E-state index is 11.7. The third kappa shape index (κ3) is 4.94. The van der Waals surface area contributed by atoms with Gasteiger partial charge in [0, 0.05) is 19.7 Å². The molecule has 1 amide bonds. The zero-order valence-corrected chi connectivity index (χ0v) is 10.2. The molecule has 1 saturated heterocycles. The summed E-state index contributed by atoms with van der Waals surface area (Å²) in [5.41, 5.74) is 0. The van der Waals surface area contributed by atoms with Crippen molar-refractivity contribution in [3.8, 4) is 0 Å². The summed E-state index contributed by atoms with van der Waals surface area (Å²) in [5, 5.41) is 9.44. The van der Waals surface area contributed by atoms with E-state index in [4.69, 9.17) is 4.74 Å². The SMILES string of the molecule is CCCCCOCC(=O)N1CCCC(O)C1. The number of amides is 1. The molecule has 0 spiro atoms. The van der Waals surface area contributed by atoms with Gasteiger partial charge in [-0.05, 0) is 19.3 Å². The second-order valence-electron chi connectivity index (χ2n) is 4.40. The minimum absolute atomic E-state index is 0.00949. The van der Waals surface area contributed by atoms with Crippen molar-refractivity contribution < 1.29 is 14.6 Å². The molecular formula is C12H23NO3. The number of unbranched alkanes of at least 4 members (excludes halogenated alkanes) is 2. The third-order valence-electron chi connectivity index (χ3n) is 2.87. The van der Waals surface area contributed by atoms with Crippen molar-refractivity contribution >= 4 is 5.91 Å². The summed E-state index contributed by atoms with van der Waals surface area (Å²) in [6.45, 7) is 4.19. The normalized spacial score (nSPS) is 21.1. The van der Waals surface area contributed by atoms with Crippen molar-refractivity contribution in [2.24, 2.45) is 0 Å². The first-order chi connectivity index (χ1) is 7.74. The van der Waals surface area contributed by atoms with Crippen LogP contribution in [0.5, 0.6) is 0 Å². The van der Waals surface area contributed by atoms with E-state index in [1.165, 1.54) is 0 Å². The first-order valence-electron chi connectivity index (χ1n) is 6.27. The minimum Gasteiger partial charge on any atom is -0.391 e. The molecule has 16 heavy (non-hydrogen) atoms. The highest BCUT2D eigenvalue weighted by Gasteiger charge is 2.21. The van der Waals surface area contributed by atoms with Crippen LogP contribution in [0.15, 0.2) is 0 Å². The van der Waals surface area contributed by atoms with Crippen LogP contribution in [-0.4, -0.2) is 48.3 Å². The summed E-state index contributed by atoms with van der Waals surface area (Å²) in [7, 11) is 0. The zero-order valence-electron chi connectivity index (χ0n) is 10.2. The first kappa shape index (κ1) is 13.5.